The summed E-state index contributed by atoms with van der Waals surface area (Å²) in [7, 11) is 0. The van der Waals surface area contributed by atoms with Gasteiger partial charge in [-0.15, -0.1) is 0 Å². The summed E-state index contributed by atoms with van der Waals surface area (Å²) >= 11 is 0. The molecule has 1 amide bonds. The standard InChI is InChI=1S/C16H19NO4/c1-4-9-17-14-8-6-5-7-13(14)16(15(17)20,10-11(2)18)21-12(3)19/h5-8H,4,9-10H2,1-3H3. The molecule has 1 atom stereocenters. The molecule has 0 N–H and O–H groups in total. The average Bonchev–Trinajstić information content (AvgIpc) is 2.61. The average molecular weight is 289 g/mol. The molecule has 1 unspecified atom stereocenters. The van der Waals surface area contributed by atoms with Crippen LogP contribution >= 0.6 is 0 Å². The first-order valence-corrected chi connectivity index (χ1v) is 7.03. The molecule has 2 rings (SSSR count). The minimum absolute atomic E-state index is 0.136. The Bertz CT molecular complexity index is 578. The van der Waals surface area contributed by atoms with Crippen molar-refractivity contribution >= 4 is 23.3 Å². The van der Waals surface area contributed by atoms with Crippen molar-refractivity contribution in [2.45, 2.75) is 39.2 Å². The summed E-state index contributed by atoms with van der Waals surface area (Å²) in [5.74, 6) is -1.11. The summed E-state index contributed by atoms with van der Waals surface area (Å²) in [6, 6.07) is 7.16. The Balaban J connectivity index is 2.60. The smallest absolute Gasteiger partial charge is 0.304 e. The summed E-state index contributed by atoms with van der Waals surface area (Å²) < 4.78 is 5.37. The highest BCUT2D eigenvalue weighted by Crippen LogP contribution is 2.45. The summed E-state index contributed by atoms with van der Waals surface area (Å²) in [6.07, 6.45) is 0.638. The van der Waals surface area contributed by atoms with E-state index in [9.17, 15) is 14.4 Å². The van der Waals surface area contributed by atoms with E-state index in [1.54, 1.807) is 17.0 Å². The summed E-state index contributed by atoms with van der Waals surface area (Å²) in [4.78, 5) is 37.6. The van der Waals surface area contributed by atoms with E-state index >= 15 is 0 Å². The van der Waals surface area contributed by atoms with E-state index in [0.717, 1.165) is 6.42 Å². The fourth-order valence-corrected chi connectivity index (χ4v) is 2.84. The van der Waals surface area contributed by atoms with Crippen LogP contribution in [0.25, 0.3) is 0 Å². The maximum atomic E-state index is 12.8. The van der Waals surface area contributed by atoms with Crippen LogP contribution in [0.15, 0.2) is 24.3 Å². The lowest BCUT2D eigenvalue weighted by atomic mass is 9.90. The molecule has 0 bridgehead atoms. The molecule has 1 aromatic carbocycles. The number of Topliss-reactive ketones (excluding diaryl/α,β-unsaturated/α-hetero) is 1. The number of fused-ring (bicyclic) bond motifs is 1. The topological polar surface area (TPSA) is 63.7 Å². The number of carbonyl (C=O) groups excluding carboxylic acids is 3. The zero-order valence-electron chi connectivity index (χ0n) is 12.5. The highest BCUT2D eigenvalue weighted by molar-refractivity contribution is 6.09. The van der Waals surface area contributed by atoms with Gasteiger partial charge < -0.3 is 9.64 Å². The van der Waals surface area contributed by atoms with E-state index in [0.29, 0.717) is 17.8 Å². The number of hydrogen-bond donors (Lipinski definition) is 0. The molecule has 5 heteroatoms. The molecule has 1 aliphatic heterocycles. The van der Waals surface area contributed by atoms with Crippen molar-refractivity contribution in [3.63, 3.8) is 0 Å². The quantitative estimate of drug-likeness (QED) is 0.779. The minimum atomic E-state index is -1.51. The van der Waals surface area contributed by atoms with Gasteiger partial charge in [-0.1, -0.05) is 25.1 Å². The van der Waals surface area contributed by atoms with Gasteiger partial charge in [0.2, 0.25) is 5.60 Å². The van der Waals surface area contributed by atoms with E-state index in [-0.39, 0.29) is 18.1 Å². The van der Waals surface area contributed by atoms with Crippen LogP contribution in [0, 0.1) is 0 Å². The minimum Gasteiger partial charge on any atom is -0.444 e. The fourth-order valence-electron chi connectivity index (χ4n) is 2.84. The number of esters is 1. The van der Waals surface area contributed by atoms with Gasteiger partial charge >= 0.3 is 5.97 Å². The third-order valence-electron chi connectivity index (χ3n) is 3.48. The molecule has 1 heterocycles. The Labute approximate surface area is 123 Å². The number of anilines is 1. The van der Waals surface area contributed by atoms with Gasteiger partial charge in [0.25, 0.3) is 5.91 Å². The molecular formula is C16H19NO4. The van der Waals surface area contributed by atoms with Crippen LogP contribution < -0.4 is 4.90 Å². The zero-order chi connectivity index (χ0) is 15.6. The predicted molar refractivity (Wildman–Crippen MR) is 77.8 cm³/mol. The van der Waals surface area contributed by atoms with Gasteiger partial charge in [-0.25, -0.2) is 0 Å². The Morgan fingerprint density at radius 2 is 1.90 bits per heavy atom. The van der Waals surface area contributed by atoms with Crippen molar-refractivity contribution in [3.05, 3.63) is 29.8 Å². The lowest BCUT2D eigenvalue weighted by Crippen LogP contribution is -2.44. The second-order valence-corrected chi connectivity index (χ2v) is 5.27. The normalized spacial score (nSPS) is 20.3. The maximum Gasteiger partial charge on any atom is 0.304 e. The van der Waals surface area contributed by atoms with Crippen LogP contribution in [0.3, 0.4) is 0 Å². The molecular weight excluding hydrogens is 270 g/mol. The van der Waals surface area contributed by atoms with Crippen LogP contribution in [0.4, 0.5) is 5.69 Å². The van der Waals surface area contributed by atoms with Crippen LogP contribution in [0.5, 0.6) is 0 Å². The largest absolute Gasteiger partial charge is 0.444 e. The van der Waals surface area contributed by atoms with Gasteiger partial charge in [0, 0.05) is 19.0 Å². The Hall–Kier alpha value is -2.17. The van der Waals surface area contributed by atoms with Gasteiger partial charge in [0.15, 0.2) is 0 Å². The molecule has 0 aliphatic carbocycles. The fraction of sp³-hybridized carbons (Fsp3) is 0.438. The number of ether oxygens (including phenoxy) is 1. The molecule has 0 radical (unpaired) electrons. The number of ketones is 1. The SMILES string of the molecule is CCCN1C(=O)C(CC(C)=O)(OC(C)=O)c2ccccc21. The number of carbonyl (C=O) groups is 3. The van der Waals surface area contributed by atoms with Crippen molar-refractivity contribution in [3.8, 4) is 0 Å². The number of hydrogen-bond acceptors (Lipinski definition) is 4. The first-order valence-electron chi connectivity index (χ1n) is 7.03. The van der Waals surface area contributed by atoms with Gasteiger partial charge in [-0.2, -0.15) is 0 Å². The molecule has 1 aromatic rings. The maximum absolute atomic E-state index is 12.8. The molecule has 0 saturated carbocycles. The summed E-state index contributed by atoms with van der Waals surface area (Å²) in [5, 5.41) is 0. The van der Waals surface area contributed by atoms with Crippen molar-refractivity contribution in [1.82, 2.24) is 0 Å². The Morgan fingerprint density at radius 1 is 1.24 bits per heavy atom. The molecule has 0 fully saturated rings. The van der Waals surface area contributed by atoms with E-state index in [4.69, 9.17) is 4.74 Å². The second kappa shape index (κ2) is 5.68. The molecule has 0 aromatic heterocycles. The monoisotopic (exact) mass is 289 g/mol. The van der Waals surface area contributed by atoms with Gasteiger partial charge in [-0.3, -0.25) is 14.4 Å². The van der Waals surface area contributed by atoms with Crippen LogP contribution in [0.1, 0.15) is 39.2 Å². The predicted octanol–water partition coefficient (Wildman–Crippen LogP) is 2.18. The third-order valence-corrected chi connectivity index (χ3v) is 3.48. The van der Waals surface area contributed by atoms with E-state index in [1.807, 2.05) is 19.1 Å². The molecule has 0 saturated heterocycles. The number of amides is 1. The molecule has 0 spiro atoms. The number of para-hydroxylation sites is 1. The molecule has 21 heavy (non-hydrogen) atoms. The van der Waals surface area contributed by atoms with Crippen molar-refractivity contribution in [2.24, 2.45) is 0 Å². The van der Waals surface area contributed by atoms with Gasteiger partial charge in [-0.05, 0) is 19.4 Å². The molecule has 1 aliphatic rings. The summed E-state index contributed by atoms with van der Waals surface area (Å²) in [5.41, 5.74) is -0.204. The van der Waals surface area contributed by atoms with Crippen molar-refractivity contribution in [1.29, 1.82) is 0 Å². The third kappa shape index (κ3) is 2.55. The van der Waals surface area contributed by atoms with Gasteiger partial charge in [0.1, 0.15) is 5.78 Å². The summed E-state index contributed by atoms with van der Waals surface area (Å²) in [6.45, 7) is 5.13. The number of rotatable bonds is 5. The number of nitrogens with zero attached hydrogens (tertiary/aromatic N) is 1. The van der Waals surface area contributed by atoms with Crippen molar-refractivity contribution < 1.29 is 19.1 Å². The molecule has 112 valence electrons. The van der Waals surface area contributed by atoms with E-state index in [2.05, 4.69) is 0 Å². The van der Waals surface area contributed by atoms with Gasteiger partial charge in [0.05, 0.1) is 12.1 Å². The zero-order valence-corrected chi connectivity index (χ0v) is 12.5. The van der Waals surface area contributed by atoms with Crippen molar-refractivity contribution in [2.75, 3.05) is 11.4 Å². The first-order chi connectivity index (χ1) is 9.92. The van der Waals surface area contributed by atoms with Crippen LogP contribution in [0.2, 0.25) is 0 Å². The lowest BCUT2D eigenvalue weighted by Gasteiger charge is -2.27. The first kappa shape index (κ1) is 15.2. The Kier molecular flexibility index (Phi) is 4.11. The lowest BCUT2D eigenvalue weighted by molar-refractivity contribution is -0.167. The highest BCUT2D eigenvalue weighted by Gasteiger charge is 2.54. The molecule has 5 nitrogen and oxygen atoms in total. The van der Waals surface area contributed by atoms with E-state index in [1.165, 1.54) is 13.8 Å². The highest BCUT2D eigenvalue weighted by atomic mass is 16.6. The van der Waals surface area contributed by atoms with Crippen LogP contribution in [-0.4, -0.2) is 24.2 Å². The number of benzene rings is 1. The van der Waals surface area contributed by atoms with E-state index < -0.39 is 11.6 Å². The Morgan fingerprint density at radius 3 is 2.48 bits per heavy atom. The van der Waals surface area contributed by atoms with Crippen LogP contribution in [-0.2, 0) is 24.7 Å². The second-order valence-electron chi connectivity index (χ2n) is 5.27.